The number of hydrogen-bond donors (Lipinski definition) is 0. The van der Waals surface area contributed by atoms with Gasteiger partial charge in [-0.1, -0.05) is 5.16 Å². The van der Waals surface area contributed by atoms with Crippen LogP contribution in [0.2, 0.25) is 0 Å². The van der Waals surface area contributed by atoms with Gasteiger partial charge in [-0.15, -0.1) is 0 Å². The van der Waals surface area contributed by atoms with Crippen LogP contribution in [0.4, 0.5) is 0 Å². The van der Waals surface area contributed by atoms with Crippen LogP contribution in [0.15, 0.2) is 10.6 Å². The van der Waals surface area contributed by atoms with Crippen LogP contribution in [0, 0.1) is 6.92 Å². The van der Waals surface area contributed by atoms with E-state index in [0.29, 0.717) is 18.3 Å². The maximum atomic E-state index is 12.3. The molecule has 2 aliphatic heterocycles. The second-order valence-electron chi connectivity index (χ2n) is 6.61. The van der Waals surface area contributed by atoms with Gasteiger partial charge >= 0.3 is 0 Å². The number of nitrogens with zero attached hydrogens (tertiary/aromatic N) is 3. The molecule has 0 atom stereocenters. The first kappa shape index (κ1) is 16.5. The zero-order valence-corrected chi connectivity index (χ0v) is 14.0. The Bertz CT molecular complexity index is 503. The molecule has 2 aliphatic rings. The summed E-state index contributed by atoms with van der Waals surface area (Å²) in [5.74, 6) is 0.771. The zero-order chi connectivity index (χ0) is 16.1. The number of aryl methyl sites for hydroxylation is 1. The molecule has 6 heteroatoms. The van der Waals surface area contributed by atoms with Crippen molar-refractivity contribution in [1.82, 2.24) is 15.0 Å². The average molecular weight is 321 g/mol. The van der Waals surface area contributed by atoms with Crippen molar-refractivity contribution in [2.24, 2.45) is 0 Å². The van der Waals surface area contributed by atoms with Crippen LogP contribution >= 0.6 is 0 Å². The fraction of sp³-hybridized carbons (Fsp3) is 0.765. The summed E-state index contributed by atoms with van der Waals surface area (Å²) in [5, 5.41) is 3.82. The number of piperidine rings is 1. The summed E-state index contributed by atoms with van der Waals surface area (Å²) in [6.07, 6.45) is 5.12. The summed E-state index contributed by atoms with van der Waals surface area (Å²) in [6, 6.07) is 1.83. The Kier molecular flexibility index (Phi) is 5.67. The van der Waals surface area contributed by atoms with E-state index in [2.05, 4.69) is 10.1 Å². The van der Waals surface area contributed by atoms with Crippen LogP contribution in [0.1, 0.15) is 37.1 Å². The monoisotopic (exact) mass is 321 g/mol. The van der Waals surface area contributed by atoms with Crippen molar-refractivity contribution >= 4 is 5.91 Å². The number of carbonyl (C=O) groups excluding carboxylic acids is 1. The number of rotatable bonds is 6. The van der Waals surface area contributed by atoms with Crippen molar-refractivity contribution < 1.29 is 14.1 Å². The molecule has 6 nitrogen and oxygen atoms in total. The zero-order valence-electron chi connectivity index (χ0n) is 14.0. The van der Waals surface area contributed by atoms with Gasteiger partial charge in [0, 0.05) is 25.7 Å². The second-order valence-corrected chi connectivity index (χ2v) is 6.61. The molecule has 0 bridgehead atoms. The minimum atomic E-state index is 0.122. The van der Waals surface area contributed by atoms with Gasteiger partial charge in [-0.25, -0.2) is 0 Å². The van der Waals surface area contributed by atoms with Gasteiger partial charge < -0.3 is 19.1 Å². The lowest BCUT2D eigenvalue weighted by Crippen LogP contribution is -2.42. The minimum absolute atomic E-state index is 0.122. The highest BCUT2D eigenvalue weighted by molar-refractivity contribution is 5.78. The largest absolute Gasteiger partial charge is 0.377 e. The smallest absolute Gasteiger partial charge is 0.230 e. The van der Waals surface area contributed by atoms with Crippen LogP contribution in [0.3, 0.4) is 0 Å². The summed E-state index contributed by atoms with van der Waals surface area (Å²) in [5.41, 5.74) is 0.818. The van der Waals surface area contributed by atoms with E-state index in [4.69, 9.17) is 9.26 Å². The lowest BCUT2D eigenvalue weighted by atomic mass is 10.1. The average Bonchev–Trinajstić information content (AvgIpc) is 3.20. The fourth-order valence-corrected chi connectivity index (χ4v) is 3.39. The van der Waals surface area contributed by atoms with E-state index in [1.54, 1.807) is 0 Å². The molecule has 1 aromatic heterocycles. The summed E-state index contributed by atoms with van der Waals surface area (Å²) in [6.45, 7) is 7.72. The van der Waals surface area contributed by atoms with E-state index in [1.165, 1.54) is 25.9 Å². The highest BCUT2D eigenvalue weighted by atomic mass is 16.5. The SMILES string of the molecule is Cc1cc(CC(=O)N2CCC(OCCN3CCCC3)CC2)on1. The summed E-state index contributed by atoms with van der Waals surface area (Å²) < 4.78 is 11.1. The van der Waals surface area contributed by atoms with E-state index in [9.17, 15) is 4.79 Å². The van der Waals surface area contributed by atoms with E-state index in [0.717, 1.165) is 44.8 Å². The third-order valence-corrected chi connectivity index (χ3v) is 4.76. The Morgan fingerprint density at radius 3 is 2.70 bits per heavy atom. The molecule has 1 amide bonds. The number of hydrogen-bond acceptors (Lipinski definition) is 5. The van der Waals surface area contributed by atoms with Crippen LogP contribution in [0.5, 0.6) is 0 Å². The van der Waals surface area contributed by atoms with Crippen molar-refractivity contribution in [3.8, 4) is 0 Å². The third kappa shape index (κ3) is 4.78. The van der Waals surface area contributed by atoms with Crippen LogP contribution < -0.4 is 0 Å². The molecule has 0 aromatic carbocycles. The van der Waals surface area contributed by atoms with Crippen LogP contribution in [0.25, 0.3) is 0 Å². The molecule has 3 heterocycles. The Morgan fingerprint density at radius 1 is 1.30 bits per heavy atom. The summed E-state index contributed by atoms with van der Waals surface area (Å²) >= 11 is 0. The number of carbonyl (C=O) groups is 1. The van der Waals surface area contributed by atoms with Gasteiger partial charge in [-0.2, -0.15) is 0 Å². The van der Waals surface area contributed by atoms with E-state index in [-0.39, 0.29) is 5.91 Å². The topological polar surface area (TPSA) is 58.8 Å². The maximum absolute atomic E-state index is 12.3. The molecule has 2 fully saturated rings. The quantitative estimate of drug-likeness (QED) is 0.797. The van der Waals surface area contributed by atoms with Gasteiger partial charge in [-0.05, 0) is 45.7 Å². The molecular formula is C17H27N3O3. The third-order valence-electron chi connectivity index (χ3n) is 4.76. The molecule has 1 aromatic rings. The molecule has 3 rings (SSSR count). The highest BCUT2D eigenvalue weighted by Gasteiger charge is 2.24. The molecule has 23 heavy (non-hydrogen) atoms. The number of likely N-dealkylation sites (tertiary alicyclic amines) is 2. The summed E-state index contributed by atoms with van der Waals surface area (Å²) in [4.78, 5) is 16.6. The van der Waals surface area contributed by atoms with Crippen molar-refractivity contribution in [3.05, 3.63) is 17.5 Å². The Labute approximate surface area is 137 Å². The lowest BCUT2D eigenvalue weighted by molar-refractivity contribution is -0.133. The predicted molar refractivity (Wildman–Crippen MR) is 86.2 cm³/mol. The van der Waals surface area contributed by atoms with Gasteiger partial charge in [0.2, 0.25) is 5.91 Å². The van der Waals surface area contributed by atoms with E-state index < -0.39 is 0 Å². The van der Waals surface area contributed by atoms with Gasteiger partial charge in [-0.3, -0.25) is 4.79 Å². The van der Waals surface area contributed by atoms with E-state index in [1.807, 2.05) is 17.9 Å². The van der Waals surface area contributed by atoms with Gasteiger partial charge in [0.1, 0.15) is 5.76 Å². The first-order chi connectivity index (χ1) is 11.2. The van der Waals surface area contributed by atoms with Gasteiger partial charge in [0.25, 0.3) is 0 Å². The Hall–Kier alpha value is -1.40. The summed E-state index contributed by atoms with van der Waals surface area (Å²) in [7, 11) is 0. The Balaban J connectivity index is 1.33. The normalized spacial score (nSPS) is 20.3. The number of amides is 1. The molecule has 2 saturated heterocycles. The first-order valence-corrected chi connectivity index (χ1v) is 8.74. The van der Waals surface area contributed by atoms with Crippen molar-refractivity contribution in [2.45, 2.75) is 45.1 Å². The predicted octanol–water partition coefficient (Wildman–Crippen LogP) is 1.63. The standard InChI is InChI=1S/C17H27N3O3/c1-14-12-16(23-18-14)13-17(21)20-8-4-15(5-9-20)22-11-10-19-6-2-3-7-19/h12,15H,2-11,13H2,1H3. The number of ether oxygens (including phenoxy) is 1. The first-order valence-electron chi connectivity index (χ1n) is 8.74. The molecule has 128 valence electrons. The van der Waals surface area contributed by atoms with Crippen LogP contribution in [-0.2, 0) is 16.0 Å². The molecule has 0 unspecified atom stereocenters. The van der Waals surface area contributed by atoms with Gasteiger partial charge in [0.05, 0.1) is 24.8 Å². The molecule has 0 aliphatic carbocycles. The minimum Gasteiger partial charge on any atom is -0.377 e. The molecule has 0 spiro atoms. The highest BCUT2D eigenvalue weighted by Crippen LogP contribution is 2.16. The molecule has 0 saturated carbocycles. The lowest BCUT2D eigenvalue weighted by Gasteiger charge is -2.32. The van der Waals surface area contributed by atoms with Crippen molar-refractivity contribution in [2.75, 3.05) is 39.3 Å². The number of aromatic nitrogens is 1. The second kappa shape index (κ2) is 7.93. The van der Waals surface area contributed by atoms with Crippen molar-refractivity contribution in [1.29, 1.82) is 0 Å². The molecule has 0 N–H and O–H groups in total. The van der Waals surface area contributed by atoms with Gasteiger partial charge in [0.15, 0.2) is 0 Å². The van der Waals surface area contributed by atoms with Crippen LogP contribution in [-0.4, -0.2) is 66.3 Å². The van der Waals surface area contributed by atoms with E-state index >= 15 is 0 Å². The molecular weight excluding hydrogens is 294 g/mol. The fourth-order valence-electron chi connectivity index (χ4n) is 3.39. The molecule has 0 radical (unpaired) electrons. The Morgan fingerprint density at radius 2 is 2.04 bits per heavy atom. The maximum Gasteiger partial charge on any atom is 0.230 e. The van der Waals surface area contributed by atoms with Crippen molar-refractivity contribution in [3.63, 3.8) is 0 Å².